The molecule has 0 spiro atoms. The van der Waals surface area contributed by atoms with Gasteiger partial charge in [-0.05, 0) is 58.6 Å². The lowest BCUT2D eigenvalue weighted by molar-refractivity contribution is -0.152. The summed E-state index contributed by atoms with van der Waals surface area (Å²) in [5, 5.41) is 4.42. The highest BCUT2D eigenvalue weighted by atomic mass is 16.5. The quantitative estimate of drug-likeness (QED) is 0.414. The predicted molar refractivity (Wildman–Crippen MR) is 144 cm³/mol. The van der Waals surface area contributed by atoms with E-state index in [2.05, 4.69) is 10.00 Å². The zero-order chi connectivity index (χ0) is 27.8. The summed E-state index contributed by atoms with van der Waals surface area (Å²) < 4.78 is 6.95. The average molecular weight is 536 g/mol. The summed E-state index contributed by atoms with van der Waals surface area (Å²) in [4.78, 5) is 57.7. The number of benzene rings is 1. The summed E-state index contributed by atoms with van der Waals surface area (Å²) in [6.07, 6.45) is 2.87. The zero-order valence-corrected chi connectivity index (χ0v) is 23.2. The van der Waals surface area contributed by atoms with E-state index in [1.54, 1.807) is 17.7 Å². The number of aromatic nitrogens is 2. The number of piperidine rings is 2. The van der Waals surface area contributed by atoms with E-state index in [-0.39, 0.29) is 42.1 Å². The molecule has 1 aromatic carbocycles. The number of esters is 1. The predicted octanol–water partition coefficient (Wildman–Crippen LogP) is 2.85. The normalized spacial score (nSPS) is 20.0. The van der Waals surface area contributed by atoms with E-state index >= 15 is 0 Å². The van der Waals surface area contributed by atoms with Crippen LogP contribution in [0.5, 0.6) is 0 Å². The van der Waals surface area contributed by atoms with Crippen LogP contribution in [0.1, 0.15) is 70.3 Å². The Kier molecular flexibility index (Phi) is 7.46. The summed E-state index contributed by atoms with van der Waals surface area (Å²) in [6, 6.07) is 5.43. The van der Waals surface area contributed by atoms with Crippen LogP contribution in [0, 0.1) is 25.7 Å². The van der Waals surface area contributed by atoms with Crippen LogP contribution in [0.25, 0.3) is 0 Å². The molecule has 2 aromatic rings. The molecule has 4 heterocycles. The molecule has 2 saturated heterocycles. The summed E-state index contributed by atoms with van der Waals surface area (Å²) in [7, 11) is 1.85. The Bertz CT molecular complexity index is 1310. The van der Waals surface area contributed by atoms with Crippen LogP contribution in [0.4, 0.5) is 5.69 Å². The molecule has 0 saturated carbocycles. The van der Waals surface area contributed by atoms with Gasteiger partial charge < -0.3 is 14.5 Å². The Labute approximate surface area is 228 Å². The fraction of sp³-hybridized carbons (Fsp3) is 0.552. The van der Waals surface area contributed by atoms with Crippen molar-refractivity contribution in [1.82, 2.24) is 19.6 Å². The Balaban J connectivity index is 1.26. The summed E-state index contributed by atoms with van der Waals surface area (Å²) in [5.74, 6) is -1.06. The van der Waals surface area contributed by atoms with Crippen molar-refractivity contribution < 1.29 is 23.9 Å². The van der Waals surface area contributed by atoms with Gasteiger partial charge in [0.1, 0.15) is 0 Å². The van der Waals surface area contributed by atoms with Crippen molar-refractivity contribution in [3.05, 3.63) is 46.3 Å². The third-order valence-corrected chi connectivity index (χ3v) is 8.49. The Morgan fingerprint density at radius 3 is 2.44 bits per heavy atom. The van der Waals surface area contributed by atoms with Crippen molar-refractivity contribution in [3.63, 3.8) is 0 Å². The van der Waals surface area contributed by atoms with Crippen molar-refractivity contribution in [2.75, 3.05) is 37.7 Å². The minimum atomic E-state index is -0.287. The Morgan fingerprint density at radius 2 is 1.77 bits per heavy atom. The van der Waals surface area contributed by atoms with Gasteiger partial charge in [-0.1, -0.05) is 6.07 Å². The standard InChI is InChI=1S/C29H37N5O5/c1-5-39-29(38)21-8-7-13-33(16-21)26(35)20-11-14-32(15-12-20)24-10-6-9-22-25(24)28(37)34(27(22)36)17-23-18(2)30-31(4)19(23)3/h6,9-10,20-21H,5,7-8,11-17H2,1-4H3/t21-/m1/s1. The summed E-state index contributed by atoms with van der Waals surface area (Å²) in [5.41, 5.74) is 4.24. The van der Waals surface area contributed by atoms with Crippen LogP contribution < -0.4 is 4.90 Å². The molecular weight excluding hydrogens is 498 g/mol. The van der Waals surface area contributed by atoms with Crippen molar-refractivity contribution in [2.45, 2.75) is 53.0 Å². The number of carbonyl (C=O) groups is 4. The molecule has 1 atom stereocenters. The second-order valence-corrected chi connectivity index (χ2v) is 10.8. The van der Waals surface area contributed by atoms with Crippen LogP contribution in [-0.4, -0.2) is 76.1 Å². The van der Waals surface area contributed by atoms with Crippen LogP contribution in [0.2, 0.25) is 0 Å². The van der Waals surface area contributed by atoms with Gasteiger partial charge in [0.05, 0.1) is 41.6 Å². The first-order chi connectivity index (χ1) is 18.7. The molecule has 0 bridgehead atoms. The number of nitrogens with zero attached hydrogens (tertiary/aromatic N) is 5. The van der Waals surface area contributed by atoms with Gasteiger partial charge >= 0.3 is 5.97 Å². The van der Waals surface area contributed by atoms with Gasteiger partial charge in [0.15, 0.2) is 0 Å². The van der Waals surface area contributed by atoms with Gasteiger partial charge in [0, 0.05) is 50.4 Å². The lowest BCUT2D eigenvalue weighted by Gasteiger charge is -2.38. The first-order valence-electron chi connectivity index (χ1n) is 13.9. The first kappa shape index (κ1) is 26.9. The van der Waals surface area contributed by atoms with Crippen molar-refractivity contribution >= 4 is 29.4 Å². The number of hydrogen-bond acceptors (Lipinski definition) is 7. The van der Waals surface area contributed by atoms with Gasteiger partial charge in [0.2, 0.25) is 5.91 Å². The number of ether oxygens (including phenoxy) is 1. The highest BCUT2D eigenvalue weighted by molar-refractivity contribution is 6.23. The van der Waals surface area contributed by atoms with E-state index < -0.39 is 0 Å². The number of anilines is 1. The number of fused-ring (bicyclic) bond motifs is 1. The summed E-state index contributed by atoms with van der Waals surface area (Å²) >= 11 is 0. The lowest BCUT2D eigenvalue weighted by atomic mass is 9.91. The number of aryl methyl sites for hydroxylation is 2. The molecule has 10 heteroatoms. The highest BCUT2D eigenvalue weighted by Crippen LogP contribution is 2.35. The molecule has 0 radical (unpaired) electrons. The van der Waals surface area contributed by atoms with Crippen molar-refractivity contribution in [1.29, 1.82) is 0 Å². The average Bonchev–Trinajstić information content (AvgIpc) is 3.34. The molecular formula is C29H37N5O5. The maximum absolute atomic E-state index is 13.6. The lowest BCUT2D eigenvalue weighted by Crippen LogP contribution is -2.47. The van der Waals surface area contributed by atoms with Crippen LogP contribution >= 0.6 is 0 Å². The van der Waals surface area contributed by atoms with Gasteiger partial charge in [-0.25, -0.2) is 0 Å². The topological polar surface area (TPSA) is 105 Å². The fourth-order valence-corrected chi connectivity index (χ4v) is 6.18. The molecule has 0 N–H and O–H groups in total. The van der Waals surface area contributed by atoms with E-state index in [1.807, 2.05) is 37.9 Å². The van der Waals surface area contributed by atoms with Crippen LogP contribution in [0.15, 0.2) is 18.2 Å². The molecule has 5 rings (SSSR count). The molecule has 0 aliphatic carbocycles. The van der Waals surface area contributed by atoms with E-state index in [1.165, 1.54) is 4.90 Å². The van der Waals surface area contributed by atoms with E-state index in [4.69, 9.17) is 4.74 Å². The molecule has 10 nitrogen and oxygen atoms in total. The zero-order valence-electron chi connectivity index (χ0n) is 23.2. The van der Waals surface area contributed by atoms with Gasteiger partial charge in [0.25, 0.3) is 11.8 Å². The minimum Gasteiger partial charge on any atom is -0.466 e. The molecule has 3 aliphatic heterocycles. The largest absolute Gasteiger partial charge is 0.466 e. The monoisotopic (exact) mass is 535 g/mol. The molecule has 3 amide bonds. The SMILES string of the molecule is CCOC(=O)[C@@H]1CCCN(C(=O)C2CCN(c3cccc4c3C(=O)N(Cc3c(C)nn(C)c3C)C4=O)CC2)C1. The third-order valence-electron chi connectivity index (χ3n) is 8.49. The van der Waals surface area contributed by atoms with Crippen molar-refractivity contribution in [3.8, 4) is 0 Å². The first-order valence-corrected chi connectivity index (χ1v) is 13.9. The Hall–Kier alpha value is -3.69. The minimum absolute atomic E-state index is 0.0987. The molecule has 1 aromatic heterocycles. The van der Waals surface area contributed by atoms with E-state index in [0.29, 0.717) is 56.8 Å². The van der Waals surface area contributed by atoms with Gasteiger partial charge in [-0.3, -0.25) is 28.8 Å². The molecule has 0 unspecified atom stereocenters. The molecule has 39 heavy (non-hydrogen) atoms. The number of hydrogen-bond donors (Lipinski definition) is 0. The third kappa shape index (κ3) is 4.92. The van der Waals surface area contributed by atoms with Gasteiger partial charge in [-0.15, -0.1) is 0 Å². The summed E-state index contributed by atoms with van der Waals surface area (Å²) in [6.45, 7) is 8.48. The number of imide groups is 1. The Morgan fingerprint density at radius 1 is 1.03 bits per heavy atom. The number of rotatable bonds is 6. The molecule has 208 valence electrons. The van der Waals surface area contributed by atoms with E-state index in [0.717, 1.165) is 35.5 Å². The maximum atomic E-state index is 13.6. The number of carbonyl (C=O) groups excluding carboxylic acids is 4. The highest BCUT2D eigenvalue weighted by Gasteiger charge is 2.40. The molecule has 2 fully saturated rings. The second kappa shape index (κ2) is 10.8. The van der Waals surface area contributed by atoms with Crippen molar-refractivity contribution in [2.24, 2.45) is 18.9 Å². The van der Waals surface area contributed by atoms with E-state index in [9.17, 15) is 19.2 Å². The number of amides is 3. The van der Waals surface area contributed by atoms with Gasteiger partial charge in [-0.2, -0.15) is 5.10 Å². The number of likely N-dealkylation sites (tertiary alicyclic amines) is 1. The fourth-order valence-electron chi connectivity index (χ4n) is 6.18. The van der Waals surface area contributed by atoms with Crippen LogP contribution in [-0.2, 0) is 27.9 Å². The van der Waals surface area contributed by atoms with Crippen LogP contribution in [0.3, 0.4) is 0 Å². The second-order valence-electron chi connectivity index (χ2n) is 10.8. The smallest absolute Gasteiger partial charge is 0.310 e. The maximum Gasteiger partial charge on any atom is 0.310 e. The molecule has 3 aliphatic rings.